The van der Waals surface area contributed by atoms with Crippen LogP contribution in [0.4, 0.5) is 4.39 Å². The highest BCUT2D eigenvalue weighted by Gasteiger charge is 2.07. The second-order valence-corrected chi connectivity index (χ2v) is 4.10. The van der Waals surface area contributed by atoms with Crippen LogP contribution < -0.4 is 0 Å². The van der Waals surface area contributed by atoms with E-state index in [9.17, 15) is 4.39 Å². The first-order chi connectivity index (χ1) is 8.11. The number of halogens is 1. The Kier molecular flexibility index (Phi) is 2.93. The minimum atomic E-state index is -0.238. The summed E-state index contributed by atoms with van der Waals surface area (Å²) in [6, 6.07) is 12.3. The Morgan fingerprint density at radius 2 is 1.53 bits per heavy atom. The van der Waals surface area contributed by atoms with E-state index in [0.29, 0.717) is 5.56 Å². The highest BCUT2D eigenvalue weighted by molar-refractivity contribution is 5.71. The molecule has 84 valence electrons. The lowest BCUT2D eigenvalue weighted by atomic mass is 9.94. The molecule has 17 heavy (non-hydrogen) atoms. The first-order valence-electron chi connectivity index (χ1n) is 5.39. The minimum Gasteiger partial charge on any atom is -0.207 e. The molecule has 2 aromatic rings. The van der Waals surface area contributed by atoms with Crippen LogP contribution in [0.1, 0.15) is 16.7 Å². The van der Waals surface area contributed by atoms with Crippen LogP contribution in [0.25, 0.3) is 11.1 Å². The van der Waals surface area contributed by atoms with Crippen molar-refractivity contribution in [1.82, 2.24) is 0 Å². The van der Waals surface area contributed by atoms with Gasteiger partial charge in [0.1, 0.15) is 5.82 Å². The SMILES string of the molecule is Cc1cc(C#N)cc(C)c1-c1ccc(F)cc1. The van der Waals surface area contributed by atoms with E-state index >= 15 is 0 Å². The number of nitriles is 1. The Morgan fingerprint density at radius 1 is 1.00 bits per heavy atom. The van der Waals surface area contributed by atoms with Crippen LogP contribution in [0, 0.1) is 31.0 Å². The van der Waals surface area contributed by atoms with Crippen molar-refractivity contribution in [2.75, 3.05) is 0 Å². The quantitative estimate of drug-likeness (QED) is 0.720. The summed E-state index contributed by atoms with van der Waals surface area (Å²) >= 11 is 0. The topological polar surface area (TPSA) is 23.8 Å². The molecular weight excluding hydrogens is 213 g/mol. The number of benzene rings is 2. The molecule has 0 saturated carbocycles. The average molecular weight is 225 g/mol. The summed E-state index contributed by atoms with van der Waals surface area (Å²) in [5.74, 6) is -0.238. The van der Waals surface area contributed by atoms with Gasteiger partial charge in [-0.25, -0.2) is 4.39 Å². The first-order valence-corrected chi connectivity index (χ1v) is 5.39. The number of rotatable bonds is 1. The largest absolute Gasteiger partial charge is 0.207 e. The van der Waals surface area contributed by atoms with Gasteiger partial charge in [0.05, 0.1) is 11.6 Å². The van der Waals surface area contributed by atoms with Crippen molar-refractivity contribution in [3.8, 4) is 17.2 Å². The van der Waals surface area contributed by atoms with Crippen molar-refractivity contribution in [3.05, 3.63) is 58.9 Å². The zero-order chi connectivity index (χ0) is 12.4. The second kappa shape index (κ2) is 4.39. The summed E-state index contributed by atoms with van der Waals surface area (Å²) in [6.07, 6.45) is 0. The summed E-state index contributed by atoms with van der Waals surface area (Å²) in [6.45, 7) is 3.93. The van der Waals surface area contributed by atoms with E-state index in [1.807, 2.05) is 26.0 Å². The highest BCUT2D eigenvalue weighted by Crippen LogP contribution is 2.28. The van der Waals surface area contributed by atoms with Crippen LogP contribution in [0.15, 0.2) is 36.4 Å². The van der Waals surface area contributed by atoms with E-state index < -0.39 is 0 Å². The van der Waals surface area contributed by atoms with E-state index in [1.165, 1.54) is 12.1 Å². The molecule has 2 heteroatoms. The van der Waals surface area contributed by atoms with E-state index in [0.717, 1.165) is 22.3 Å². The standard InChI is InChI=1S/C15H12FN/c1-10-7-12(9-17)8-11(2)15(10)13-3-5-14(16)6-4-13/h3-8H,1-2H3. The number of hydrogen-bond acceptors (Lipinski definition) is 1. The van der Waals surface area contributed by atoms with Crippen molar-refractivity contribution in [3.63, 3.8) is 0 Å². The van der Waals surface area contributed by atoms with Crippen molar-refractivity contribution in [2.45, 2.75) is 13.8 Å². The molecule has 0 heterocycles. The van der Waals surface area contributed by atoms with Gasteiger partial charge < -0.3 is 0 Å². The maximum absolute atomic E-state index is 12.9. The third-order valence-corrected chi connectivity index (χ3v) is 2.79. The molecule has 0 N–H and O–H groups in total. The fraction of sp³-hybridized carbons (Fsp3) is 0.133. The second-order valence-electron chi connectivity index (χ2n) is 4.10. The molecule has 0 fully saturated rings. The molecule has 0 bridgehead atoms. The van der Waals surface area contributed by atoms with Crippen molar-refractivity contribution in [1.29, 1.82) is 5.26 Å². The summed E-state index contributed by atoms with van der Waals surface area (Å²) in [4.78, 5) is 0. The Balaban J connectivity index is 2.60. The van der Waals surface area contributed by atoms with Gasteiger partial charge in [-0.2, -0.15) is 5.26 Å². The van der Waals surface area contributed by atoms with Gasteiger partial charge in [-0.05, 0) is 60.4 Å². The Morgan fingerprint density at radius 3 is 2.00 bits per heavy atom. The smallest absolute Gasteiger partial charge is 0.123 e. The molecule has 0 aliphatic carbocycles. The Bertz CT molecular complexity index is 568. The molecule has 0 aliphatic heterocycles. The van der Waals surface area contributed by atoms with Gasteiger partial charge in [0.2, 0.25) is 0 Å². The summed E-state index contributed by atoms with van der Waals surface area (Å²) < 4.78 is 12.9. The maximum Gasteiger partial charge on any atom is 0.123 e. The van der Waals surface area contributed by atoms with Gasteiger partial charge in [-0.15, -0.1) is 0 Å². The monoisotopic (exact) mass is 225 g/mol. The molecule has 0 radical (unpaired) electrons. The van der Waals surface area contributed by atoms with Gasteiger partial charge in [-0.1, -0.05) is 12.1 Å². The van der Waals surface area contributed by atoms with Gasteiger partial charge in [0.15, 0.2) is 0 Å². The fourth-order valence-electron chi connectivity index (χ4n) is 2.10. The molecule has 1 nitrogen and oxygen atoms in total. The third-order valence-electron chi connectivity index (χ3n) is 2.79. The fourth-order valence-corrected chi connectivity index (χ4v) is 2.10. The molecular formula is C15H12FN. The van der Waals surface area contributed by atoms with Crippen LogP contribution in [0.5, 0.6) is 0 Å². The lowest BCUT2D eigenvalue weighted by Gasteiger charge is -2.10. The third kappa shape index (κ3) is 2.19. The van der Waals surface area contributed by atoms with Crippen LogP contribution in [-0.2, 0) is 0 Å². The van der Waals surface area contributed by atoms with Crippen LogP contribution in [-0.4, -0.2) is 0 Å². The molecule has 0 unspecified atom stereocenters. The van der Waals surface area contributed by atoms with Crippen molar-refractivity contribution >= 4 is 0 Å². The zero-order valence-electron chi connectivity index (χ0n) is 9.79. The Hall–Kier alpha value is -2.14. The summed E-state index contributed by atoms with van der Waals surface area (Å²) in [7, 11) is 0. The van der Waals surface area contributed by atoms with Crippen LogP contribution in [0.2, 0.25) is 0 Å². The molecule has 2 rings (SSSR count). The summed E-state index contributed by atoms with van der Waals surface area (Å²) in [5.41, 5.74) is 4.78. The predicted octanol–water partition coefficient (Wildman–Crippen LogP) is 3.98. The lowest BCUT2D eigenvalue weighted by Crippen LogP contribution is -1.90. The van der Waals surface area contributed by atoms with Gasteiger partial charge in [-0.3, -0.25) is 0 Å². The molecule has 2 aromatic carbocycles. The van der Waals surface area contributed by atoms with Crippen molar-refractivity contribution < 1.29 is 4.39 Å². The van der Waals surface area contributed by atoms with Crippen LogP contribution >= 0.6 is 0 Å². The number of aryl methyl sites for hydroxylation is 2. The van der Waals surface area contributed by atoms with Gasteiger partial charge in [0.25, 0.3) is 0 Å². The molecule has 0 spiro atoms. The van der Waals surface area contributed by atoms with E-state index in [1.54, 1.807) is 12.1 Å². The van der Waals surface area contributed by atoms with Gasteiger partial charge >= 0.3 is 0 Å². The normalized spacial score (nSPS) is 10.0. The molecule has 0 aliphatic rings. The molecule has 0 aromatic heterocycles. The molecule has 0 atom stereocenters. The first kappa shape index (κ1) is 11.3. The molecule has 0 amide bonds. The zero-order valence-corrected chi connectivity index (χ0v) is 9.79. The summed E-state index contributed by atoms with van der Waals surface area (Å²) in [5, 5.41) is 8.88. The van der Waals surface area contributed by atoms with Gasteiger partial charge in [0, 0.05) is 0 Å². The maximum atomic E-state index is 12.9. The molecule has 0 saturated heterocycles. The van der Waals surface area contributed by atoms with Crippen LogP contribution in [0.3, 0.4) is 0 Å². The average Bonchev–Trinajstić information content (AvgIpc) is 2.30. The van der Waals surface area contributed by atoms with E-state index in [-0.39, 0.29) is 5.82 Å². The van der Waals surface area contributed by atoms with E-state index in [4.69, 9.17) is 5.26 Å². The predicted molar refractivity (Wildman–Crippen MR) is 66.0 cm³/mol. The minimum absolute atomic E-state index is 0.238. The number of nitrogens with zero attached hydrogens (tertiary/aromatic N) is 1. The number of hydrogen-bond donors (Lipinski definition) is 0. The van der Waals surface area contributed by atoms with Crippen molar-refractivity contribution in [2.24, 2.45) is 0 Å². The van der Waals surface area contributed by atoms with E-state index in [2.05, 4.69) is 6.07 Å². The Labute approximate surface area is 100 Å². The lowest BCUT2D eigenvalue weighted by molar-refractivity contribution is 0.628. The highest BCUT2D eigenvalue weighted by atomic mass is 19.1.